The van der Waals surface area contributed by atoms with Gasteiger partial charge in [0, 0.05) is 12.4 Å². The summed E-state index contributed by atoms with van der Waals surface area (Å²) in [6, 6.07) is 4.05. The minimum Gasteiger partial charge on any atom is -0.330 e. The highest BCUT2D eigenvalue weighted by molar-refractivity contribution is 5.09. The second-order valence-electron chi connectivity index (χ2n) is 3.77. The van der Waals surface area contributed by atoms with E-state index in [1.54, 1.807) is 6.20 Å². The van der Waals surface area contributed by atoms with Crippen LogP contribution in [0.2, 0.25) is 0 Å². The van der Waals surface area contributed by atoms with Gasteiger partial charge in [0.25, 0.3) is 0 Å². The Morgan fingerprint density at radius 2 is 2.07 bits per heavy atom. The molecule has 78 valence electrons. The van der Waals surface area contributed by atoms with E-state index in [0.29, 0.717) is 24.9 Å². The van der Waals surface area contributed by atoms with E-state index in [9.17, 15) is 0 Å². The number of rotatable bonds is 5. The largest absolute Gasteiger partial charge is 0.330 e. The molecule has 14 heavy (non-hydrogen) atoms. The average molecular weight is 193 g/mol. The Labute approximate surface area is 85.5 Å². The van der Waals surface area contributed by atoms with Crippen LogP contribution in [-0.2, 0) is 6.42 Å². The van der Waals surface area contributed by atoms with Gasteiger partial charge in [-0.25, -0.2) is 0 Å². The summed E-state index contributed by atoms with van der Waals surface area (Å²) >= 11 is 0. The van der Waals surface area contributed by atoms with Crippen LogP contribution in [-0.4, -0.2) is 18.1 Å². The first kappa shape index (κ1) is 11.1. The predicted octanol–water partition coefficient (Wildman–Crippen LogP) is 0.794. The summed E-state index contributed by atoms with van der Waals surface area (Å²) in [5, 5.41) is 0. The normalized spacial score (nSPS) is 13.1. The molecule has 3 nitrogen and oxygen atoms in total. The minimum atomic E-state index is 0.412. The Bertz CT molecular complexity index is 244. The molecule has 0 spiro atoms. The Hall–Kier alpha value is -0.930. The molecule has 1 heterocycles. The highest BCUT2D eigenvalue weighted by atomic mass is 14.6. The SMILES string of the molecule is CC(Cc1cccnc1)C(CN)CN. The van der Waals surface area contributed by atoms with Crippen LogP contribution < -0.4 is 11.5 Å². The summed E-state index contributed by atoms with van der Waals surface area (Å²) < 4.78 is 0. The quantitative estimate of drug-likeness (QED) is 0.726. The van der Waals surface area contributed by atoms with Crippen LogP contribution in [0.15, 0.2) is 24.5 Å². The molecule has 0 fully saturated rings. The number of hydrogen-bond acceptors (Lipinski definition) is 3. The first-order valence-electron chi connectivity index (χ1n) is 5.07. The van der Waals surface area contributed by atoms with Crippen LogP contribution in [0, 0.1) is 11.8 Å². The zero-order chi connectivity index (χ0) is 10.4. The lowest BCUT2D eigenvalue weighted by atomic mass is 9.89. The Morgan fingerprint density at radius 3 is 2.57 bits per heavy atom. The molecule has 0 saturated carbocycles. The van der Waals surface area contributed by atoms with Gasteiger partial charge >= 0.3 is 0 Å². The van der Waals surface area contributed by atoms with Crippen LogP contribution in [0.3, 0.4) is 0 Å². The molecule has 1 unspecified atom stereocenters. The van der Waals surface area contributed by atoms with Gasteiger partial charge < -0.3 is 11.5 Å². The van der Waals surface area contributed by atoms with Gasteiger partial charge in [0.15, 0.2) is 0 Å². The molecular formula is C11H19N3. The molecule has 1 aromatic heterocycles. The lowest BCUT2D eigenvalue weighted by Crippen LogP contribution is -2.30. The van der Waals surface area contributed by atoms with E-state index in [4.69, 9.17) is 11.5 Å². The van der Waals surface area contributed by atoms with E-state index >= 15 is 0 Å². The van der Waals surface area contributed by atoms with Crippen molar-refractivity contribution in [2.24, 2.45) is 23.3 Å². The molecule has 1 aromatic rings. The maximum absolute atomic E-state index is 5.64. The maximum atomic E-state index is 5.64. The van der Waals surface area contributed by atoms with E-state index in [1.165, 1.54) is 5.56 Å². The topological polar surface area (TPSA) is 64.9 Å². The van der Waals surface area contributed by atoms with Crippen molar-refractivity contribution in [2.75, 3.05) is 13.1 Å². The smallest absolute Gasteiger partial charge is 0.0299 e. The molecule has 0 aliphatic heterocycles. The van der Waals surface area contributed by atoms with Crippen molar-refractivity contribution >= 4 is 0 Å². The monoisotopic (exact) mass is 193 g/mol. The highest BCUT2D eigenvalue weighted by Gasteiger charge is 2.14. The molecule has 0 aliphatic rings. The third-order valence-corrected chi connectivity index (χ3v) is 2.69. The molecule has 3 heteroatoms. The minimum absolute atomic E-state index is 0.412. The Kier molecular flexibility index (Phi) is 4.56. The Balaban J connectivity index is 2.52. The molecule has 1 rings (SSSR count). The number of hydrogen-bond donors (Lipinski definition) is 2. The molecular weight excluding hydrogens is 174 g/mol. The summed E-state index contributed by atoms with van der Waals surface area (Å²) in [6.07, 6.45) is 4.70. The fourth-order valence-electron chi connectivity index (χ4n) is 1.62. The molecule has 0 bridgehead atoms. The van der Waals surface area contributed by atoms with Crippen molar-refractivity contribution in [1.29, 1.82) is 0 Å². The number of aromatic nitrogens is 1. The van der Waals surface area contributed by atoms with Gasteiger partial charge in [-0.3, -0.25) is 4.98 Å². The standard InChI is InChI=1S/C11H19N3/c1-9(11(6-12)7-13)5-10-3-2-4-14-8-10/h2-4,8-9,11H,5-7,12-13H2,1H3. The van der Waals surface area contributed by atoms with Crippen molar-refractivity contribution in [3.63, 3.8) is 0 Å². The molecule has 0 amide bonds. The number of nitrogens with zero attached hydrogens (tertiary/aromatic N) is 1. The highest BCUT2D eigenvalue weighted by Crippen LogP contribution is 2.14. The van der Waals surface area contributed by atoms with E-state index in [0.717, 1.165) is 6.42 Å². The van der Waals surface area contributed by atoms with Crippen molar-refractivity contribution in [2.45, 2.75) is 13.3 Å². The van der Waals surface area contributed by atoms with Gasteiger partial charge in [-0.1, -0.05) is 13.0 Å². The molecule has 0 saturated heterocycles. The van der Waals surface area contributed by atoms with Crippen molar-refractivity contribution in [3.8, 4) is 0 Å². The lowest BCUT2D eigenvalue weighted by Gasteiger charge is -2.20. The first-order chi connectivity index (χ1) is 6.77. The predicted molar refractivity (Wildman–Crippen MR) is 58.7 cm³/mol. The van der Waals surface area contributed by atoms with Crippen LogP contribution in [0.25, 0.3) is 0 Å². The van der Waals surface area contributed by atoms with Crippen LogP contribution in [0.5, 0.6) is 0 Å². The number of nitrogens with two attached hydrogens (primary N) is 2. The molecule has 0 aromatic carbocycles. The van der Waals surface area contributed by atoms with E-state index in [1.807, 2.05) is 12.3 Å². The summed E-state index contributed by atoms with van der Waals surface area (Å²) in [6.45, 7) is 3.52. The second kappa shape index (κ2) is 5.73. The first-order valence-corrected chi connectivity index (χ1v) is 5.07. The van der Waals surface area contributed by atoms with Crippen molar-refractivity contribution in [1.82, 2.24) is 4.98 Å². The Morgan fingerprint density at radius 1 is 1.36 bits per heavy atom. The molecule has 1 atom stereocenters. The van der Waals surface area contributed by atoms with Gasteiger partial charge in [0.05, 0.1) is 0 Å². The summed E-state index contributed by atoms with van der Waals surface area (Å²) in [5.41, 5.74) is 12.5. The van der Waals surface area contributed by atoms with E-state index < -0.39 is 0 Å². The van der Waals surface area contributed by atoms with Gasteiger partial charge in [-0.05, 0) is 43.0 Å². The van der Waals surface area contributed by atoms with Gasteiger partial charge in [0.1, 0.15) is 0 Å². The zero-order valence-electron chi connectivity index (χ0n) is 8.69. The van der Waals surface area contributed by atoms with E-state index in [2.05, 4.69) is 18.0 Å². The molecule has 0 radical (unpaired) electrons. The fraction of sp³-hybridized carbons (Fsp3) is 0.545. The fourth-order valence-corrected chi connectivity index (χ4v) is 1.62. The summed E-state index contributed by atoms with van der Waals surface area (Å²) in [5.74, 6) is 0.935. The summed E-state index contributed by atoms with van der Waals surface area (Å²) in [7, 11) is 0. The average Bonchev–Trinajstić information content (AvgIpc) is 2.21. The number of pyridine rings is 1. The molecule has 4 N–H and O–H groups in total. The molecule has 0 aliphatic carbocycles. The summed E-state index contributed by atoms with van der Waals surface area (Å²) in [4.78, 5) is 4.09. The van der Waals surface area contributed by atoms with E-state index in [-0.39, 0.29) is 0 Å². The van der Waals surface area contributed by atoms with Crippen LogP contribution in [0.4, 0.5) is 0 Å². The van der Waals surface area contributed by atoms with Crippen LogP contribution in [0.1, 0.15) is 12.5 Å². The van der Waals surface area contributed by atoms with Crippen LogP contribution >= 0.6 is 0 Å². The third kappa shape index (κ3) is 3.09. The van der Waals surface area contributed by atoms with Gasteiger partial charge in [-0.15, -0.1) is 0 Å². The van der Waals surface area contributed by atoms with Crippen molar-refractivity contribution in [3.05, 3.63) is 30.1 Å². The lowest BCUT2D eigenvalue weighted by molar-refractivity contribution is 0.372. The van der Waals surface area contributed by atoms with Crippen molar-refractivity contribution < 1.29 is 0 Å². The van der Waals surface area contributed by atoms with Gasteiger partial charge in [0.2, 0.25) is 0 Å². The third-order valence-electron chi connectivity index (χ3n) is 2.69. The second-order valence-corrected chi connectivity index (χ2v) is 3.77. The van der Waals surface area contributed by atoms with Gasteiger partial charge in [-0.2, -0.15) is 0 Å². The zero-order valence-corrected chi connectivity index (χ0v) is 8.69. The maximum Gasteiger partial charge on any atom is 0.0299 e.